The van der Waals surface area contributed by atoms with Gasteiger partial charge in [-0.1, -0.05) is 18.6 Å². The van der Waals surface area contributed by atoms with Crippen molar-refractivity contribution in [1.82, 2.24) is 5.32 Å². The molecule has 0 radical (unpaired) electrons. The Labute approximate surface area is 84.3 Å². The lowest BCUT2D eigenvalue weighted by atomic mass is 9.77. The van der Waals surface area contributed by atoms with Crippen LogP contribution in [-0.4, -0.2) is 7.05 Å². The molecular formula is C12H16FN. The summed E-state index contributed by atoms with van der Waals surface area (Å²) in [7, 11) is 1.95. The standard InChI is InChI=1S/C12H16FN/c1-14-12(9-4-2-5-9)10-6-3-7-11(13)8-10/h3,6-9,12,14H,2,4-5H2,1H3. The van der Waals surface area contributed by atoms with Gasteiger partial charge in [-0.3, -0.25) is 0 Å². The van der Waals surface area contributed by atoms with Gasteiger partial charge >= 0.3 is 0 Å². The van der Waals surface area contributed by atoms with Crippen LogP contribution in [0.1, 0.15) is 30.9 Å². The minimum atomic E-state index is -0.137. The first-order valence-electron chi connectivity index (χ1n) is 5.24. The summed E-state index contributed by atoms with van der Waals surface area (Å²) in [6, 6.07) is 7.26. The van der Waals surface area contributed by atoms with E-state index in [1.807, 2.05) is 13.1 Å². The number of rotatable bonds is 3. The molecule has 1 aromatic rings. The smallest absolute Gasteiger partial charge is 0.123 e. The highest BCUT2D eigenvalue weighted by atomic mass is 19.1. The van der Waals surface area contributed by atoms with Crippen LogP contribution in [0.2, 0.25) is 0 Å². The van der Waals surface area contributed by atoms with Crippen molar-refractivity contribution in [2.24, 2.45) is 5.92 Å². The third-order valence-corrected chi connectivity index (χ3v) is 3.14. The highest BCUT2D eigenvalue weighted by molar-refractivity contribution is 5.21. The van der Waals surface area contributed by atoms with E-state index in [0.29, 0.717) is 12.0 Å². The lowest BCUT2D eigenvalue weighted by molar-refractivity contribution is 0.239. The zero-order valence-corrected chi connectivity index (χ0v) is 8.46. The molecule has 2 rings (SSSR count). The molecule has 0 aliphatic heterocycles. The van der Waals surface area contributed by atoms with E-state index in [-0.39, 0.29) is 5.82 Å². The lowest BCUT2D eigenvalue weighted by Gasteiger charge is -2.33. The van der Waals surface area contributed by atoms with Crippen molar-refractivity contribution in [1.29, 1.82) is 0 Å². The lowest BCUT2D eigenvalue weighted by Crippen LogP contribution is -2.29. The van der Waals surface area contributed by atoms with E-state index in [9.17, 15) is 4.39 Å². The maximum absolute atomic E-state index is 13.0. The minimum absolute atomic E-state index is 0.137. The molecule has 0 bridgehead atoms. The van der Waals surface area contributed by atoms with Gasteiger partial charge in [-0.25, -0.2) is 4.39 Å². The number of nitrogens with one attached hydrogen (secondary N) is 1. The molecule has 0 spiro atoms. The molecule has 1 aliphatic carbocycles. The van der Waals surface area contributed by atoms with Crippen molar-refractivity contribution >= 4 is 0 Å². The van der Waals surface area contributed by atoms with Crippen LogP contribution in [0.4, 0.5) is 4.39 Å². The second-order valence-corrected chi connectivity index (χ2v) is 4.01. The number of hydrogen-bond donors (Lipinski definition) is 1. The average molecular weight is 193 g/mol. The molecule has 2 heteroatoms. The first-order valence-corrected chi connectivity index (χ1v) is 5.24. The summed E-state index contributed by atoms with van der Waals surface area (Å²) in [5.74, 6) is 0.559. The zero-order valence-electron chi connectivity index (χ0n) is 8.46. The molecule has 1 fully saturated rings. The van der Waals surface area contributed by atoms with E-state index in [4.69, 9.17) is 0 Å². The summed E-state index contributed by atoms with van der Waals surface area (Å²) in [5.41, 5.74) is 1.08. The third-order valence-electron chi connectivity index (χ3n) is 3.14. The Kier molecular flexibility index (Phi) is 2.82. The van der Waals surface area contributed by atoms with Crippen LogP contribution in [0.5, 0.6) is 0 Å². The minimum Gasteiger partial charge on any atom is -0.313 e. The molecule has 1 N–H and O–H groups in total. The molecule has 1 unspecified atom stereocenters. The molecule has 0 saturated heterocycles. The van der Waals surface area contributed by atoms with Gasteiger partial charge in [-0.2, -0.15) is 0 Å². The van der Waals surface area contributed by atoms with Crippen molar-refractivity contribution in [3.05, 3.63) is 35.6 Å². The maximum atomic E-state index is 13.0. The van der Waals surface area contributed by atoms with E-state index in [2.05, 4.69) is 5.32 Å². The molecule has 0 aromatic heterocycles. The fourth-order valence-electron chi connectivity index (χ4n) is 2.15. The monoisotopic (exact) mass is 193 g/mol. The van der Waals surface area contributed by atoms with Gasteiger partial charge < -0.3 is 5.32 Å². The van der Waals surface area contributed by atoms with Gasteiger partial charge in [0.05, 0.1) is 0 Å². The Morgan fingerprint density at radius 2 is 2.21 bits per heavy atom. The Bertz CT molecular complexity index is 307. The van der Waals surface area contributed by atoms with Crippen LogP contribution in [0.25, 0.3) is 0 Å². The average Bonchev–Trinajstić information content (AvgIpc) is 2.10. The SMILES string of the molecule is CNC(c1cccc(F)c1)C1CCC1. The van der Waals surface area contributed by atoms with Crippen molar-refractivity contribution < 1.29 is 4.39 Å². The largest absolute Gasteiger partial charge is 0.313 e. The van der Waals surface area contributed by atoms with E-state index in [1.165, 1.54) is 25.3 Å². The predicted octanol–water partition coefficient (Wildman–Crippen LogP) is 2.89. The van der Waals surface area contributed by atoms with Crippen LogP contribution in [0.3, 0.4) is 0 Å². The van der Waals surface area contributed by atoms with Gasteiger partial charge in [0.2, 0.25) is 0 Å². The van der Waals surface area contributed by atoms with E-state index >= 15 is 0 Å². The maximum Gasteiger partial charge on any atom is 0.123 e. The number of halogens is 1. The van der Waals surface area contributed by atoms with Crippen LogP contribution in [0.15, 0.2) is 24.3 Å². The van der Waals surface area contributed by atoms with E-state index in [0.717, 1.165) is 5.56 Å². The van der Waals surface area contributed by atoms with Crippen LogP contribution in [0, 0.1) is 11.7 Å². The third kappa shape index (κ3) is 1.80. The topological polar surface area (TPSA) is 12.0 Å². The molecule has 14 heavy (non-hydrogen) atoms. The molecule has 76 valence electrons. The molecular weight excluding hydrogens is 177 g/mol. The Morgan fingerprint density at radius 3 is 2.71 bits per heavy atom. The van der Waals surface area contributed by atoms with Gasteiger partial charge in [-0.05, 0) is 43.5 Å². The Morgan fingerprint density at radius 1 is 1.43 bits per heavy atom. The first-order chi connectivity index (χ1) is 6.81. The van der Waals surface area contributed by atoms with Crippen LogP contribution in [-0.2, 0) is 0 Å². The quantitative estimate of drug-likeness (QED) is 0.778. The van der Waals surface area contributed by atoms with Crippen molar-refractivity contribution in [3.63, 3.8) is 0 Å². The van der Waals surface area contributed by atoms with E-state index < -0.39 is 0 Å². The van der Waals surface area contributed by atoms with Gasteiger partial charge in [0, 0.05) is 6.04 Å². The molecule has 0 heterocycles. The fourth-order valence-corrected chi connectivity index (χ4v) is 2.15. The predicted molar refractivity (Wildman–Crippen MR) is 55.5 cm³/mol. The highest BCUT2D eigenvalue weighted by Gasteiger charge is 2.27. The van der Waals surface area contributed by atoms with E-state index in [1.54, 1.807) is 12.1 Å². The number of hydrogen-bond acceptors (Lipinski definition) is 1. The Hall–Kier alpha value is -0.890. The summed E-state index contributed by atoms with van der Waals surface area (Å²) >= 11 is 0. The second-order valence-electron chi connectivity index (χ2n) is 4.01. The molecule has 1 atom stereocenters. The summed E-state index contributed by atoms with van der Waals surface area (Å²) in [6.07, 6.45) is 3.85. The summed E-state index contributed by atoms with van der Waals surface area (Å²) in [5, 5.41) is 3.28. The molecule has 1 saturated carbocycles. The summed E-state index contributed by atoms with van der Waals surface area (Å²) in [4.78, 5) is 0. The van der Waals surface area contributed by atoms with Crippen molar-refractivity contribution in [2.45, 2.75) is 25.3 Å². The number of benzene rings is 1. The Balaban J connectivity index is 2.17. The molecule has 1 nitrogen and oxygen atoms in total. The van der Waals surface area contributed by atoms with Crippen molar-refractivity contribution in [2.75, 3.05) is 7.05 Å². The fraction of sp³-hybridized carbons (Fsp3) is 0.500. The molecule has 1 aromatic carbocycles. The molecule has 0 amide bonds. The summed E-state index contributed by atoms with van der Waals surface area (Å²) < 4.78 is 13.0. The summed E-state index contributed by atoms with van der Waals surface area (Å²) in [6.45, 7) is 0. The van der Waals surface area contributed by atoms with Gasteiger partial charge in [0.25, 0.3) is 0 Å². The van der Waals surface area contributed by atoms with Crippen LogP contribution < -0.4 is 5.32 Å². The highest BCUT2D eigenvalue weighted by Crippen LogP contribution is 2.37. The normalized spacial score (nSPS) is 19.0. The van der Waals surface area contributed by atoms with Gasteiger partial charge in [0.15, 0.2) is 0 Å². The molecule has 1 aliphatic rings. The van der Waals surface area contributed by atoms with Gasteiger partial charge in [0.1, 0.15) is 5.82 Å². The van der Waals surface area contributed by atoms with Gasteiger partial charge in [-0.15, -0.1) is 0 Å². The van der Waals surface area contributed by atoms with Crippen LogP contribution >= 0.6 is 0 Å². The zero-order chi connectivity index (χ0) is 9.97. The second kappa shape index (κ2) is 4.09. The van der Waals surface area contributed by atoms with Crippen molar-refractivity contribution in [3.8, 4) is 0 Å². The first kappa shape index (κ1) is 9.66.